The van der Waals surface area contributed by atoms with Gasteiger partial charge in [-0.15, -0.1) is 0 Å². The number of aromatic hydroxyl groups is 1. The molecule has 0 bridgehead atoms. The highest BCUT2D eigenvalue weighted by Crippen LogP contribution is 2.23. The van der Waals surface area contributed by atoms with Gasteiger partial charge in [0, 0.05) is 6.54 Å². The van der Waals surface area contributed by atoms with E-state index in [0.29, 0.717) is 6.54 Å². The summed E-state index contributed by atoms with van der Waals surface area (Å²) in [7, 11) is 0. The molecule has 0 aliphatic carbocycles. The molecule has 0 aliphatic heterocycles. The van der Waals surface area contributed by atoms with Crippen molar-refractivity contribution < 1.29 is 14.6 Å². The first-order valence-corrected chi connectivity index (χ1v) is 5.85. The van der Waals surface area contributed by atoms with E-state index in [1.807, 2.05) is 0 Å². The van der Waals surface area contributed by atoms with Crippen molar-refractivity contribution in [3.05, 3.63) is 28.8 Å². The maximum atomic E-state index is 11.3. The predicted octanol–water partition coefficient (Wildman–Crippen LogP) is 2.57. The fourth-order valence-corrected chi connectivity index (χ4v) is 1.39. The van der Waals surface area contributed by atoms with Crippen LogP contribution in [0.15, 0.2) is 18.2 Å². The molecule has 5 nitrogen and oxygen atoms in total. The Morgan fingerprint density at radius 3 is 2.67 bits per heavy atom. The average molecular weight is 273 g/mol. The summed E-state index contributed by atoms with van der Waals surface area (Å²) in [5, 5.41) is 9.51. The van der Waals surface area contributed by atoms with Crippen LogP contribution in [0, 0.1) is 0 Å². The molecule has 0 unspecified atom stereocenters. The highest BCUT2D eigenvalue weighted by atomic mass is 35.5. The highest BCUT2D eigenvalue weighted by molar-refractivity contribution is 6.32. The third-order valence-electron chi connectivity index (χ3n) is 1.89. The van der Waals surface area contributed by atoms with Crippen LogP contribution in [-0.4, -0.2) is 16.8 Å². The molecule has 0 heterocycles. The van der Waals surface area contributed by atoms with Crippen LogP contribution in [0.1, 0.15) is 26.3 Å². The SMILES string of the molecule is CC(C)(C)OC(=O)NNCc1ccc(O)c(Cl)c1. The van der Waals surface area contributed by atoms with Crippen LogP contribution in [0.4, 0.5) is 4.79 Å². The average Bonchev–Trinajstić information content (AvgIpc) is 2.20. The van der Waals surface area contributed by atoms with Gasteiger partial charge in [-0.25, -0.2) is 10.2 Å². The summed E-state index contributed by atoms with van der Waals surface area (Å²) in [6.07, 6.45) is -0.549. The number of carbonyl (C=O) groups excluding carboxylic acids is 1. The zero-order valence-corrected chi connectivity index (χ0v) is 11.3. The zero-order valence-electron chi connectivity index (χ0n) is 10.6. The molecule has 0 fully saturated rings. The predicted molar refractivity (Wildman–Crippen MR) is 69.3 cm³/mol. The van der Waals surface area contributed by atoms with Crippen LogP contribution in [0.5, 0.6) is 5.75 Å². The van der Waals surface area contributed by atoms with Crippen molar-refractivity contribution in [2.24, 2.45) is 0 Å². The number of rotatable bonds is 3. The summed E-state index contributed by atoms with van der Waals surface area (Å²) in [6, 6.07) is 4.80. The number of hydrogen-bond donors (Lipinski definition) is 3. The summed E-state index contributed by atoms with van der Waals surface area (Å²) < 4.78 is 5.04. The standard InChI is InChI=1S/C12H17ClN2O3/c1-12(2,3)18-11(17)15-14-7-8-4-5-10(16)9(13)6-8/h4-6,14,16H,7H2,1-3H3,(H,15,17). The first-order valence-electron chi connectivity index (χ1n) is 5.47. The van der Waals surface area contributed by atoms with Gasteiger partial charge in [-0.2, -0.15) is 0 Å². The van der Waals surface area contributed by atoms with Gasteiger partial charge in [0.2, 0.25) is 0 Å². The van der Waals surface area contributed by atoms with Crippen LogP contribution >= 0.6 is 11.6 Å². The first-order chi connectivity index (χ1) is 8.28. The zero-order chi connectivity index (χ0) is 13.8. The molecule has 3 N–H and O–H groups in total. The van der Waals surface area contributed by atoms with Crippen LogP contribution in [0.3, 0.4) is 0 Å². The first kappa shape index (κ1) is 14.6. The van der Waals surface area contributed by atoms with E-state index in [2.05, 4.69) is 10.9 Å². The molecule has 0 spiro atoms. The fraction of sp³-hybridized carbons (Fsp3) is 0.417. The lowest BCUT2D eigenvalue weighted by atomic mass is 10.2. The van der Waals surface area contributed by atoms with Crippen LogP contribution in [0.2, 0.25) is 5.02 Å². The minimum atomic E-state index is -0.549. The molecule has 1 aromatic rings. The summed E-state index contributed by atoms with van der Waals surface area (Å²) in [5.74, 6) is 0.0283. The second-order valence-corrected chi connectivity index (χ2v) is 5.17. The maximum absolute atomic E-state index is 11.3. The van der Waals surface area contributed by atoms with Gasteiger partial charge in [0.15, 0.2) is 0 Å². The van der Waals surface area contributed by atoms with E-state index in [1.165, 1.54) is 6.07 Å². The second kappa shape index (κ2) is 5.93. The third kappa shape index (κ3) is 5.25. The molecule has 0 atom stereocenters. The van der Waals surface area contributed by atoms with Crippen molar-refractivity contribution >= 4 is 17.7 Å². The van der Waals surface area contributed by atoms with Gasteiger partial charge in [-0.05, 0) is 38.5 Å². The van der Waals surface area contributed by atoms with Gasteiger partial charge in [0.25, 0.3) is 0 Å². The van der Waals surface area contributed by atoms with Crippen molar-refractivity contribution in [1.29, 1.82) is 0 Å². The molecule has 0 aromatic heterocycles. The number of hydrazine groups is 1. The summed E-state index contributed by atoms with van der Waals surface area (Å²) in [4.78, 5) is 11.3. The third-order valence-corrected chi connectivity index (χ3v) is 2.20. The highest BCUT2D eigenvalue weighted by Gasteiger charge is 2.15. The molecule has 0 saturated heterocycles. The Morgan fingerprint density at radius 2 is 2.11 bits per heavy atom. The number of phenols is 1. The van der Waals surface area contributed by atoms with Crippen LogP contribution in [-0.2, 0) is 11.3 Å². The molecule has 100 valence electrons. The van der Waals surface area contributed by atoms with Crippen molar-refractivity contribution in [3.63, 3.8) is 0 Å². The molecule has 0 radical (unpaired) electrons. The van der Waals surface area contributed by atoms with Crippen molar-refractivity contribution in [1.82, 2.24) is 10.9 Å². The second-order valence-electron chi connectivity index (χ2n) is 4.77. The molecular weight excluding hydrogens is 256 g/mol. The number of amides is 1. The number of halogens is 1. The van der Waals surface area contributed by atoms with Gasteiger partial charge in [0.1, 0.15) is 11.4 Å². The Hall–Kier alpha value is -1.46. The minimum absolute atomic E-state index is 0.0283. The normalized spacial score (nSPS) is 11.1. The van der Waals surface area contributed by atoms with Gasteiger partial charge in [-0.3, -0.25) is 5.43 Å². The number of hydrogen-bond acceptors (Lipinski definition) is 4. The smallest absolute Gasteiger partial charge is 0.422 e. The van der Waals surface area contributed by atoms with Gasteiger partial charge in [-0.1, -0.05) is 17.7 Å². The monoisotopic (exact) mass is 272 g/mol. The van der Waals surface area contributed by atoms with Gasteiger partial charge in [0.05, 0.1) is 5.02 Å². The lowest BCUT2D eigenvalue weighted by Crippen LogP contribution is -2.40. The Labute approximate surface area is 111 Å². The van der Waals surface area contributed by atoms with E-state index in [0.717, 1.165) is 5.56 Å². The van der Waals surface area contributed by atoms with Gasteiger partial charge < -0.3 is 9.84 Å². The largest absolute Gasteiger partial charge is 0.506 e. The summed E-state index contributed by atoms with van der Waals surface area (Å²) >= 11 is 5.75. The minimum Gasteiger partial charge on any atom is -0.506 e. The van der Waals surface area contributed by atoms with Crippen molar-refractivity contribution in [2.75, 3.05) is 0 Å². The summed E-state index contributed by atoms with van der Waals surface area (Å²) in [5.41, 5.74) is 5.40. The summed E-state index contributed by atoms with van der Waals surface area (Å²) in [6.45, 7) is 5.73. The van der Waals surface area contributed by atoms with E-state index in [-0.39, 0.29) is 10.8 Å². The van der Waals surface area contributed by atoms with Gasteiger partial charge >= 0.3 is 6.09 Å². The molecule has 6 heteroatoms. The maximum Gasteiger partial charge on any atom is 0.422 e. The molecule has 18 heavy (non-hydrogen) atoms. The number of nitrogens with one attached hydrogen (secondary N) is 2. The molecule has 0 saturated carbocycles. The molecule has 0 aliphatic rings. The number of phenolic OH excluding ortho intramolecular Hbond substituents is 1. The van der Waals surface area contributed by atoms with E-state index >= 15 is 0 Å². The molecular formula is C12H17ClN2O3. The molecule has 1 rings (SSSR count). The molecule has 1 aromatic carbocycles. The Morgan fingerprint density at radius 1 is 1.44 bits per heavy atom. The van der Waals surface area contributed by atoms with Crippen molar-refractivity contribution in [3.8, 4) is 5.75 Å². The quantitative estimate of drug-likeness (QED) is 0.740. The number of benzene rings is 1. The number of ether oxygens (including phenoxy) is 1. The van der Waals surface area contributed by atoms with E-state index in [1.54, 1.807) is 32.9 Å². The van der Waals surface area contributed by atoms with Crippen molar-refractivity contribution in [2.45, 2.75) is 32.9 Å². The number of carbonyl (C=O) groups is 1. The topological polar surface area (TPSA) is 70.6 Å². The van der Waals surface area contributed by atoms with Crippen LogP contribution in [0.25, 0.3) is 0 Å². The van der Waals surface area contributed by atoms with Crippen LogP contribution < -0.4 is 10.9 Å². The fourth-order valence-electron chi connectivity index (χ4n) is 1.18. The Bertz CT molecular complexity index is 430. The van der Waals surface area contributed by atoms with E-state index < -0.39 is 11.7 Å². The Balaban J connectivity index is 2.38. The van der Waals surface area contributed by atoms with E-state index in [9.17, 15) is 9.90 Å². The Kier molecular flexibility index (Phi) is 4.81. The molecule has 1 amide bonds. The lowest BCUT2D eigenvalue weighted by molar-refractivity contribution is 0.0497. The van der Waals surface area contributed by atoms with E-state index in [4.69, 9.17) is 16.3 Å². The lowest BCUT2D eigenvalue weighted by Gasteiger charge is -2.19.